The minimum atomic E-state index is 0.0810. The van der Waals surface area contributed by atoms with Gasteiger partial charge in [0.1, 0.15) is 5.69 Å². The van der Waals surface area contributed by atoms with Gasteiger partial charge >= 0.3 is 0 Å². The number of hydrogen-bond acceptors (Lipinski definition) is 4. The Balaban J connectivity index is 1.18. The van der Waals surface area contributed by atoms with Crippen LogP contribution < -0.4 is 5.32 Å². The molecule has 32 heavy (non-hydrogen) atoms. The van der Waals surface area contributed by atoms with Crippen molar-refractivity contribution >= 4 is 11.8 Å². The molecular formula is C25H35N5O2. The highest BCUT2D eigenvalue weighted by Gasteiger charge is 2.32. The van der Waals surface area contributed by atoms with Crippen molar-refractivity contribution in [2.24, 2.45) is 13.0 Å². The summed E-state index contributed by atoms with van der Waals surface area (Å²) in [6, 6.07) is 12.7. The van der Waals surface area contributed by atoms with Crippen molar-refractivity contribution in [1.29, 1.82) is 0 Å². The van der Waals surface area contributed by atoms with Crippen molar-refractivity contribution in [2.45, 2.75) is 45.1 Å². The van der Waals surface area contributed by atoms with E-state index in [1.807, 2.05) is 43.1 Å². The van der Waals surface area contributed by atoms with E-state index in [2.05, 4.69) is 27.4 Å². The number of amides is 2. The highest BCUT2D eigenvalue weighted by atomic mass is 16.2. The molecular weight excluding hydrogens is 402 g/mol. The minimum Gasteiger partial charge on any atom is -0.356 e. The number of nitrogens with zero attached hydrogens (tertiary/aromatic N) is 4. The molecule has 1 aromatic carbocycles. The van der Waals surface area contributed by atoms with Crippen molar-refractivity contribution in [3.05, 3.63) is 53.3 Å². The summed E-state index contributed by atoms with van der Waals surface area (Å²) in [5.74, 6) is 0.404. The average molecular weight is 438 g/mol. The van der Waals surface area contributed by atoms with Crippen LogP contribution in [0.2, 0.25) is 0 Å². The number of rotatable bonds is 6. The van der Waals surface area contributed by atoms with Crippen LogP contribution in [0.25, 0.3) is 0 Å². The van der Waals surface area contributed by atoms with Gasteiger partial charge in [0, 0.05) is 38.6 Å². The van der Waals surface area contributed by atoms with E-state index in [1.54, 1.807) is 4.68 Å². The van der Waals surface area contributed by atoms with Crippen LogP contribution in [0, 0.1) is 12.8 Å². The summed E-state index contributed by atoms with van der Waals surface area (Å²) in [5, 5.41) is 7.43. The lowest BCUT2D eigenvalue weighted by Crippen LogP contribution is -2.50. The van der Waals surface area contributed by atoms with E-state index in [-0.39, 0.29) is 17.7 Å². The number of benzene rings is 1. The van der Waals surface area contributed by atoms with Gasteiger partial charge in [-0.15, -0.1) is 0 Å². The van der Waals surface area contributed by atoms with E-state index in [1.165, 1.54) is 5.56 Å². The third kappa shape index (κ3) is 5.38. The molecule has 0 saturated carbocycles. The fourth-order valence-corrected chi connectivity index (χ4v) is 5.05. The molecule has 7 heteroatoms. The Labute approximate surface area is 190 Å². The van der Waals surface area contributed by atoms with Gasteiger partial charge in [-0.25, -0.2) is 0 Å². The third-order valence-electron chi connectivity index (χ3n) is 6.95. The van der Waals surface area contributed by atoms with E-state index in [4.69, 9.17) is 0 Å². The van der Waals surface area contributed by atoms with Crippen LogP contribution in [0.15, 0.2) is 36.4 Å². The first-order chi connectivity index (χ1) is 15.5. The second-order valence-corrected chi connectivity index (χ2v) is 9.15. The zero-order chi connectivity index (χ0) is 22.5. The molecule has 7 nitrogen and oxygen atoms in total. The molecule has 1 N–H and O–H groups in total. The molecule has 3 heterocycles. The molecule has 1 aromatic heterocycles. The Morgan fingerprint density at radius 1 is 1.03 bits per heavy atom. The van der Waals surface area contributed by atoms with Crippen molar-refractivity contribution in [2.75, 3.05) is 32.7 Å². The number of carbonyl (C=O) groups is 2. The number of piperidine rings is 2. The smallest absolute Gasteiger partial charge is 0.272 e. The zero-order valence-corrected chi connectivity index (χ0v) is 19.3. The Kier molecular flexibility index (Phi) is 7.25. The fourth-order valence-electron chi connectivity index (χ4n) is 5.05. The Morgan fingerprint density at radius 3 is 2.34 bits per heavy atom. The first-order valence-corrected chi connectivity index (χ1v) is 11.9. The lowest BCUT2D eigenvalue weighted by atomic mass is 9.92. The molecule has 0 spiro atoms. The number of likely N-dealkylation sites (tertiary alicyclic amines) is 2. The van der Waals surface area contributed by atoms with Crippen LogP contribution in [0.1, 0.15) is 47.4 Å². The van der Waals surface area contributed by atoms with Gasteiger partial charge in [-0.3, -0.25) is 14.3 Å². The highest BCUT2D eigenvalue weighted by molar-refractivity contribution is 5.92. The van der Waals surface area contributed by atoms with Crippen molar-refractivity contribution < 1.29 is 9.59 Å². The van der Waals surface area contributed by atoms with Crippen LogP contribution in [-0.2, 0) is 18.3 Å². The maximum absolute atomic E-state index is 12.8. The molecule has 0 aliphatic carbocycles. The Hall–Kier alpha value is -2.67. The molecule has 0 unspecified atom stereocenters. The highest BCUT2D eigenvalue weighted by Crippen LogP contribution is 2.25. The van der Waals surface area contributed by atoms with Crippen molar-refractivity contribution in [3.63, 3.8) is 0 Å². The van der Waals surface area contributed by atoms with Gasteiger partial charge in [-0.1, -0.05) is 30.3 Å². The summed E-state index contributed by atoms with van der Waals surface area (Å²) < 4.78 is 1.68. The lowest BCUT2D eigenvalue weighted by Gasteiger charge is -2.41. The van der Waals surface area contributed by atoms with E-state index < -0.39 is 0 Å². The molecule has 2 amide bonds. The third-order valence-corrected chi connectivity index (χ3v) is 6.95. The molecule has 2 aliphatic heterocycles. The maximum atomic E-state index is 12.8. The van der Waals surface area contributed by atoms with Crippen LogP contribution in [-0.4, -0.2) is 70.2 Å². The predicted octanol–water partition coefficient (Wildman–Crippen LogP) is 2.40. The topological polar surface area (TPSA) is 70.5 Å². The molecule has 2 fully saturated rings. The second-order valence-electron chi connectivity index (χ2n) is 9.15. The molecule has 4 rings (SSSR count). The number of carbonyl (C=O) groups excluding carboxylic acids is 2. The average Bonchev–Trinajstić information content (AvgIpc) is 3.17. The van der Waals surface area contributed by atoms with Gasteiger partial charge in [0.15, 0.2) is 0 Å². The summed E-state index contributed by atoms with van der Waals surface area (Å²) in [4.78, 5) is 29.9. The Morgan fingerprint density at radius 2 is 1.72 bits per heavy atom. The van der Waals surface area contributed by atoms with Gasteiger partial charge in [-0.05, 0) is 63.7 Å². The largest absolute Gasteiger partial charge is 0.356 e. The standard InChI is InChI=1S/C25H35N5O2/c1-19-18-23(28(2)27-19)25(32)30-16-11-22(12-17-30)29-14-9-21(10-15-29)24(31)26-13-8-20-6-4-3-5-7-20/h3-7,18,21-22H,8-17H2,1-2H3,(H,26,31). The van der Waals surface area contributed by atoms with Crippen molar-refractivity contribution in [3.8, 4) is 0 Å². The second kappa shape index (κ2) is 10.3. The molecule has 2 saturated heterocycles. The summed E-state index contributed by atoms with van der Waals surface area (Å²) in [6.45, 7) is 6.12. The fraction of sp³-hybridized carbons (Fsp3) is 0.560. The summed E-state index contributed by atoms with van der Waals surface area (Å²) in [7, 11) is 1.83. The molecule has 0 radical (unpaired) electrons. The van der Waals surface area contributed by atoms with Gasteiger partial charge in [-0.2, -0.15) is 5.10 Å². The molecule has 2 aliphatic rings. The van der Waals surface area contributed by atoms with Gasteiger partial charge in [0.25, 0.3) is 5.91 Å². The SMILES string of the molecule is Cc1cc(C(=O)N2CCC(N3CCC(C(=O)NCCc4ccccc4)CC3)CC2)n(C)n1. The number of aryl methyl sites for hydroxylation is 2. The predicted molar refractivity (Wildman–Crippen MR) is 124 cm³/mol. The molecule has 172 valence electrons. The summed E-state index contributed by atoms with van der Waals surface area (Å²) >= 11 is 0. The molecule has 0 bridgehead atoms. The first-order valence-electron chi connectivity index (χ1n) is 11.9. The van der Waals surface area contributed by atoms with E-state index in [0.717, 1.165) is 64.0 Å². The van der Waals surface area contributed by atoms with Crippen molar-refractivity contribution in [1.82, 2.24) is 24.9 Å². The maximum Gasteiger partial charge on any atom is 0.272 e. The van der Waals surface area contributed by atoms with Crippen LogP contribution in [0.3, 0.4) is 0 Å². The quantitative estimate of drug-likeness (QED) is 0.754. The molecule has 0 atom stereocenters. The van der Waals surface area contributed by atoms with Crippen LogP contribution in [0.5, 0.6) is 0 Å². The summed E-state index contributed by atoms with van der Waals surface area (Å²) in [6.07, 6.45) is 4.71. The Bertz CT molecular complexity index is 910. The first kappa shape index (κ1) is 22.5. The number of hydrogen-bond donors (Lipinski definition) is 1. The van der Waals surface area contributed by atoms with E-state index in [0.29, 0.717) is 18.3 Å². The minimum absolute atomic E-state index is 0.0810. The van der Waals surface area contributed by atoms with Crippen LogP contribution >= 0.6 is 0 Å². The van der Waals surface area contributed by atoms with Gasteiger partial charge in [0.05, 0.1) is 5.69 Å². The van der Waals surface area contributed by atoms with E-state index >= 15 is 0 Å². The number of nitrogens with one attached hydrogen (secondary N) is 1. The van der Waals surface area contributed by atoms with Crippen LogP contribution in [0.4, 0.5) is 0 Å². The van der Waals surface area contributed by atoms with Gasteiger partial charge < -0.3 is 15.1 Å². The number of aromatic nitrogens is 2. The van der Waals surface area contributed by atoms with E-state index in [9.17, 15) is 9.59 Å². The normalized spacial score (nSPS) is 18.6. The zero-order valence-electron chi connectivity index (χ0n) is 19.3. The summed E-state index contributed by atoms with van der Waals surface area (Å²) in [5.41, 5.74) is 2.80. The lowest BCUT2D eigenvalue weighted by molar-refractivity contribution is -0.126. The van der Waals surface area contributed by atoms with Gasteiger partial charge in [0.2, 0.25) is 5.91 Å². The monoisotopic (exact) mass is 437 g/mol. The molecule has 2 aromatic rings.